The van der Waals surface area contributed by atoms with Crippen LogP contribution in [-0.2, 0) is 16.0 Å². The molecule has 2 amide bonds. The minimum absolute atomic E-state index is 0.158. The summed E-state index contributed by atoms with van der Waals surface area (Å²) in [6.45, 7) is 3.59. The predicted octanol–water partition coefficient (Wildman–Crippen LogP) is 4.84. The third kappa shape index (κ3) is 5.51. The molecule has 154 valence electrons. The van der Waals surface area contributed by atoms with Gasteiger partial charge in [-0.25, -0.2) is 5.01 Å². The molecule has 0 aromatic heterocycles. The zero-order chi connectivity index (χ0) is 20.8. The first-order valence-corrected chi connectivity index (χ1v) is 10.4. The Morgan fingerprint density at radius 3 is 2.69 bits per heavy atom. The van der Waals surface area contributed by atoms with Gasteiger partial charge in [0.15, 0.2) is 0 Å². The average molecular weight is 415 g/mol. The first-order valence-electron chi connectivity index (χ1n) is 10.1. The van der Waals surface area contributed by atoms with Crippen LogP contribution in [0.3, 0.4) is 0 Å². The van der Waals surface area contributed by atoms with E-state index in [4.69, 9.17) is 16.3 Å². The molecule has 3 rings (SSSR count). The fourth-order valence-electron chi connectivity index (χ4n) is 3.66. The molecule has 1 saturated heterocycles. The second-order valence-corrected chi connectivity index (χ2v) is 7.80. The normalized spacial score (nSPS) is 16.9. The number of β-lactam (4-membered cyclic amide) rings is 1. The number of halogens is 1. The lowest BCUT2D eigenvalue weighted by Crippen LogP contribution is -2.62. The van der Waals surface area contributed by atoms with E-state index in [1.807, 2.05) is 18.2 Å². The first kappa shape index (κ1) is 21.2. The van der Waals surface area contributed by atoms with Crippen LogP contribution in [0.1, 0.15) is 56.6 Å². The molecule has 0 saturated carbocycles. The highest BCUT2D eigenvalue weighted by molar-refractivity contribution is 6.30. The van der Waals surface area contributed by atoms with Gasteiger partial charge in [0, 0.05) is 11.9 Å². The van der Waals surface area contributed by atoms with E-state index in [2.05, 4.69) is 36.6 Å². The van der Waals surface area contributed by atoms with Gasteiger partial charge in [-0.05, 0) is 60.9 Å². The summed E-state index contributed by atoms with van der Waals surface area (Å²) in [5, 5.41) is 1.90. The van der Waals surface area contributed by atoms with Gasteiger partial charge in [-0.3, -0.25) is 15.0 Å². The Kier molecular flexibility index (Phi) is 7.15. The van der Waals surface area contributed by atoms with Gasteiger partial charge in [0.2, 0.25) is 18.0 Å². The highest BCUT2D eigenvalue weighted by Crippen LogP contribution is 2.31. The van der Waals surface area contributed by atoms with Crippen LogP contribution in [-0.4, -0.2) is 23.1 Å². The minimum atomic E-state index is -0.487. The van der Waals surface area contributed by atoms with Crippen LogP contribution < -0.4 is 10.2 Å². The summed E-state index contributed by atoms with van der Waals surface area (Å²) in [7, 11) is 0. The van der Waals surface area contributed by atoms with Crippen molar-refractivity contribution in [3.05, 3.63) is 64.7 Å². The van der Waals surface area contributed by atoms with E-state index >= 15 is 0 Å². The molecule has 5 nitrogen and oxygen atoms in total. The summed E-state index contributed by atoms with van der Waals surface area (Å²) in [4.78, 5) is 23.0. The Morgan fingerprint density at radius 2 is 2.03 bits per heavy atom. The number of amides is 2. The van der Waals surface area contributed by atoms with Crippen molar-refractivity contribution >= 4 is 23.4 Å². The van der Waals surface area contributed by atoms with Gasteiger partial charge in [-0.2, -0.15) is 0 Å². The maximum Gasteiger partial charge on any atom is 0.250 e. The average Bonchev–Trinajstić information content (AvgIpc) is 2.71. The molecule has 0 spiro atoms. The summed E-state index contributed by atoms with van der Waals surface area (Å²) in [5.41, 5.74) is 4.90. The monoisotopic (exact) mass is 414 g/mol. The molecular weight excluding hydrogens is 388 g/mol. The van der Waals surface area contributed by atoms with Crippen molar-refractivity contribution < 1.29 is 14.3 Å². The van der Waals surface area contributed by atoms with Crippen LogP contribution in [0.4, 0.5) is 0 Å². The Bertz CT molecular complexity index is 856. The molecule has 6 heteroatoms. The summed E-state index contributed by atoms with van der Waals surface area (Å²) in [6, 6.07) is 16.1. The number of hydrogen-bond acceptors (Lipinski definition) is 3. The van der Waals surface area contributed by atoms with Crippen LogP contribution in [0.2, 0.25) is 5.02 Å². The summed E-state index contributed by atoms with van der Waals surface area (Å²) < 4.78 is 6.02. The number of carbonyl (C=O) groups is 2. The number of ether oxygens (including phenoxy) is 1. The molecule has 1 fully saturated rings. The topological polar surface area (TPSA) is 58.6 Å². The fourth-order valence-corrected chi connectivity index (χ4v) is 3.86. The molecule has 1 N–H and O–H groups in total. The molecule has 0 radical (unpaired) electrons. The summed E-state index contributed by atoms with van der Waals surface area (Å²) in [6.07, 6.45) is 3.77. The molecule has 2 atom stereocenters. The molecule has 2 aromatic carbocycles. The summed E-state index contributed by atoms with van der Waals surface area (Å²) >= 11 is 6.21. The SMILES string of the molecule is CCC(CCCc1cc(Cl)ccc1OC1CC(=O)N1NC(C)=O)c1ccccc1. The van der Waals surface area contributed by atoms with Crippen LogP contribution in [0.5, 0.6) is 5.75 Å². The largest absolute Gasteiger partial charge is 0.468 e. The van der Waals surface area contributed by atoms with Crippen molar-refractivity contribution in [3.63, 3.8) is 0 Å². The number of benzene rings is 2. The highest BCUT2D eigenvalue weighted by atomic mass is 35.5. The molecule has 1 aliphatic rings. The lowest BCUT2D eigenvalue weighted by atomic mass is 9.90. The number of hydrogen-bond donors (Lipinski definition) is 1. The van der Waals surface area contributed by atoms with Gasteiger partial charge in [0.25, 0.3) is 0 Å². The van der Waals surface area contributed by atoms with Crippen molar-refractivity contribution in [2.45, 2.75) is 58.1 Å². The number of nitrogens with one attached hydrogen (secondary N) is 1. The molecule has 1 heterocycles. The minimum Gasteiger partial charge on any atom is -0.468 e. The summed E-state index contributed by atoms with van der Waals surface area (Å²) in [5.74, 6) is 0.776. The molecule has 29 heavy (non-hydrogen) atoms. The second-order valence-electron chi connectivity index (χ2n) is 7.37. The zero-order valence-corrected chi connectivity index (χ0v) is 17.6. The smallest absolute Gasteiger partial charge is 0.250 e. The van der Waals surface area contributed by atoms with Crippen molar-refractivity contribution in [1.29, 1.82) is 0 Å². The molecule has 0 aliphatic carbocycles. The van der Waals surface area contributed by atoms with Gasteiger partial charge in [-0.1, -0.05) is 48.9 Å². The van der Waals surface area contributed by atoms with Gasteiger partial charge in [0.05, 0.1) is 6.42 Å². The maximum atomic E-state index is 11.7. The van der Waals surface area contributed by atoms with Crippen LogP contribution in [0, 0.1) is 0 Å². The quantitative estimate of drug-likeness (QED) is 0.597. The number of carbonyl (C=O) groups excluding carboxylic acids is 2. The standard InChI is InChI=1S/C23H27ClN2O3/c1-3-17(18-8-5-4-6-9-18)10-7-11-19-14-20(24)12-13-21(19)29-23-15-22(28)26(23)25-16(2)27/h4-6,8-9,12-14,17,23H,3,7,10-11,15H2,1-2H3,(H,25,27). The van der Waals surface area contributed by atoms with E-state index in [0.29, 0.717) is 16.7 Å². The molecule has 0 bridgehead atoms. The third-order valence-corrected chi connectivity index (χ3v) is 5.47. The first-order chi connectivity index (χ1) is 14.0. The Morgan fingerprint density at radius 1 is 1.28 bits per heavy atom. The van der Waals surface area contributed by atoms with Crippen LogP contribution in [0.25, 0.3) is 0 Å². The van der Waals surface area contributed by atoms with Gasteiger partial charge in [-0.15, -0.1) is 0 Å². The second kappa shape index (κ2) is 9.79. The van der Waals surface area contributed by atoms with E-state index in [1.165, 1.54) is 17.5 Å². The van der Waals surface area contributed by atoms with Crippen molar-refractivity contribution in [2.75, 3.05) is 0 Å². The van der Waals surface area contributed by atoms with E-state index in [0.717, 1.165) is 31.2 Å². The van der Waals surface area contributed by atoms with E-state index in [1.54, 1.807) is 6.07 Å². The zero-order valence-electron chi connectivity index (χ0n) is 16.9. The van der Waals surface area contributed by atoms with Gasteiger partial charge < -0.3 is 4.74 Å². The molecular formula is C23H27ClN2O3. The van der Waals surface area contributed by atoms with Gasteiger partial charge >= 0.3 is 0 Å². The third-order valence-electron chi connectivity index (χ3n) is 5.23. The van der Waals surface area contributed by atoms with Gasteiger partial charge in [0.1, 0.15) is 5.75 Å². The number of rotatable bonds is 9. The molecule has 2 aromatic rings. The Labute approximate surface area is 177 Å². The fraction of sp³-hybridized carbons (Fsp3) is 0.391. The highest BCUT2D eigenvalue weighted by Gasteiger charge is 2.39. The van der Waals surface area contributed by atoms with Crippen LogP contribution >= 0.6 is 11.6 Å². The number of aryl methyl sites for hydroxylation is 1. The van der Waals surface area contributed by atoms with Crippen molar-refractivity contribution in [2.24, 2.45) is 0 Å². The van der Waals surface area contributed by atoms with E-state index < -0.39 is 6.23 Å². The number of hydrazine groups is 1. The predicted molar refractivity (Wildman–Crippen MR) is 114 cm³/mol. The van der Waals surface area contributed by atoms with Crippen LogP contribution in [0.15, 0.2) is 48.5 Å². The molecule has 2 unspecified atom stereocenters. The van der Waals surface area contributed by atoms with E-state index in [9.17, 15) is 9.59 Å². The Balaban J connectivity index is 1.63. The Hall–Kier alpha value is -2.53. The molecule has 1 aliphatic heterocycles. The van der Waals surface area contributed by atoms with Crippen molar-refractivity contribution in [1.82, 2.24) is 10.4 Å². The van der Waals surface area contributed by atoms with E-state index in [-0.39, 0.29) is 18.2 Å². The van der Waals surface area contributed by atoms with Crippen molar-refractivity contribution in [3.8, 4) is 5.75 Å². The lowest BCUT2D eigenvalue weighted by molar-refractivity contribution is -0.172. The maximum absolute atomic E-state index is 11.7. The lowest BCUT2D eigenvalue weighted by Gasteiger charge is -2.39. The number of nitrogens with zero attached hydrogens (tertiary/aromatic N) is 1.